The van der Waals surface area contributed by atoms with Crippen LogP contribution in [-0.2, 0) is 4.79 Å². The van der Waals surface area contributed by atoms with Gasteiger partial charge < -0.3 is 21.3 Å². The molecule has 1 rings (SSSR count). The first-order chi connectivity index (χ1) is 11.8. The highest BCUT2D eigenvalue weighted by Gasteiger charge is 2.33. The lowest BCUT2D eigenvalue weighted by Gasteiger charge is -2.27. The normalized spacial score (nSPS) is 11.8. The zero-order valence-corrected chi connectivity index (χ0v) is 15.9. The second kappa shape index (κ2) is 10.7. The predicted octanol–water partition coefficient (Wildman–Crippen LogP) is 2.94. The summed E-state index contributed by atoms with van der Waals surface area (Å²) in [6, 6.07) is 4.14. The number of halogens is 3. The summed E-state index contributed by atoms with van der Waals surface area (Å²) < 4.78 is -0.817. The molecule has 0 saturated heterocycles. The first-order valence-electron chi connectivity index (χ1n) is 7.76. The molecule has 0 aliphatic rings. The zero-order chi connectivity index (χ0) is 18.9. The van der Waals surface area contributed by atoms with Gasteiger partial charge in [-0.1, -0.05) is 29.3 Å². The van der Waals surface area contributed by atoms with Gasteiger partial charge in [-0.15, -0.1) is 0 Å². The monoisotopic (exact) mass is 409 g/mol. The van der Waals surface area contributed by atoms with Crippen LogP contribution in [-0.4, -0.2) is 44.6 Å². The minimum atomic E-state index is -1.55. The largest absolute Gasteiger partial charge is 0.504 e. The molecule has 0 bridgehead atoms. The molecule has 0 aliphatic heterocycles. The third-order valence-electron chi connectivity index (χ3n) is 3.29. The number of carbonyl (C=O) groups excluding carboxylic acids is 1. The van der Waals surface area contributed by atoms with Crippen LogP contribution in [0.3, 0.4) is 0 Å². The van der Waals surface area contributed by atoms with Gasteiger partial charge in [0.15, 0.2) is 11.5 Å². The van der Waals surface area contributed by atoms with Crippen LogP contribution in [0.25, 0.3) is 6.08 Å². The van der Waals surface area contributed by atoms with Crippen LogP contribution >= 0.6 is 35.0 Å². The maximum absolute atomic E-state index is 12.1. The van der Waals surface area contributed by atoms with Crippen molar-refractivity contribution in [1.82, 2.24) is 9.74 Å². The molecule has 9 heteroatoms. The lowest BCUT2D eigenvalue weighted by molar-refractivity contribution is -0.122. The van der Waals surface area contributed by atoms with Gasteiger partial charge >= 0.3 is 0 Å². The average molecular weight is 411 g/mol. The van der Waals surface area contributed by atoms with Gasteiger partial charge in [0.1, 0.15) is 0 Å². The SMILES string of the molecule is NCCCNCCCC(Cl)(Cl)N(Cl)C(=O)/C=C/c1ccc(O)c(O)c1. The van der Waals surface area contributed by atoms with Gasteiger partial charge in [-0.05, 0) is 56.2 Å². The standard InChI is InChI=1S/C16H22Cl3N3O3/c17-16(18,7-1-9-21-10-2-8-20)22(19)15(25)6-4-12-3-5-13(23)14(24)11-12/h3-6,11,21,23-24H,1-2,7-10,20H2/b6-4+. The second-order valence-corrected chi connectivity index (χ2v) is 7.14. The van der Waals surface area contributed by atoms with E-state index in [1.54, 1.807) is 0 Å². The van der Waals surface area contributed by atoms with E-state index in [1.807, 2.05) is 0 Å². The predicted molar refractivity (Wildman–Crippen MR) is 102 cm³/mol. The van der Waals surface area contributed by atoms with Crippen molar-refractivity contribution in [3.63, 3.8) is 0 Å². The summed E-state index contributed by atoms with van der Waals surface area (Å²) in [5.74, 6) is -1.14. The molecule has 5 N–H and O–H groups in total. The smallest absolute Gasteiger partial charge is 0.263 e. The molecule has 140 valence electrons. The minimum Gasteiger partial charge on any atom is -0.504 e. The van der Waals surface area contributed by atoms with E-state index in [2.05, 4.69) is 5.32 Å². The Kier molecular flexibility index (Phi) is 9.38. The molecule has 0 aliphatic carbocycles. The molecule has 1 amide bonds. The summed E-state index contributed by atoms with van der Waals surface area (Å²) in [7, 11) is 0. The Morgan fingerprint density at radius 2 is 1.92 bits per heavy atom. The van der Waals surface area contributed by atoms with Crippen molar-refractivity contribution >= 4 is 47.0 Å². The van der Waals surface area contributed by atoms with Crippen molar-refractivity contribution in [1.29, 1.82) is 0 Å². The van der Waals surface area contributed by atoms with Crippen molar-refractivity contribution in [3.8, 4) is 11.5 Å². The van der Waals surface area contributed by atoms with E-state index < -0.39 is 10.4 Å². The molecular formula is C16H22Cl3N3O3. The summed E-state index contributed by atoms with van der Waals surface area (Å²) in [4.78, 5) is 12.1. The Balaban J connectivity index is 2.52. The molecule has 0 aromatic heterocycles. The molecule has 25 heavy (non-hydrogen) atoms. The summed E-state index contributed by atoms with van der Waals surface area (Å²) in [6.07, 6.45) is 4.40. The number of phenolic OH excluding ortho intramolecular Hbond substituents is 2. The van der Waals surface area contributed by atoms with Crippen LogP contribution in [0, 0.1) is 0 Å². The molecule has 0 spiro atoms. The first kappa shape index (κ1) is 21.9. The number of phenols is 2. The van der Waals surface area contributed by atoms with Crippen molar-refractivity contribution in [2.75, 3.05) is 19.6 Å². The third kappa shape index (κ3) is 7.71. The van der Waals surface area contributed by atoms with Crippen LogP contribution in [0.5, 0.6) is 11.5 Å². The molecular weight excluding hydrogens is 389 g/mol. The molecule has 1 aromatic rings. The summed E-state index contributed by atoms with van der Waals surface area (Å²) in [5.41, 5.74) is 5.90. The van der Waals surface area contributed by atoms with Crippen LogP contribution in [0.4, 0.5) is 0 Å². The highest BCUT2D eigenvalue weighted by atomic mass is 35.5. The van der Waals surface area contributed by atoms with Crippen LogP contribution in [0.1, 0.15) is 24.8 Å². The maximum Gasteiger partial charge on any atom is 0.263 e. The van der Waals surface area contributed by atoms with E-state index in [0.29, 0.717) is 25.1 Å². The first-order valence-corrected chi connectivity index (χ1v) is 8.86. The van der Waals surface area contributed by atoms with Crippen LogP contribution < -0.4 is 11.1 Å². The number of hydrogen-bond donors (Lipinski definition) is 4. The molecule has 1 aromatic carbocycles. The highest BCUT2D eigenvalue weighted by molar-refractivity contribution is 6.51. The molecule has 6 nitrogen and oxygen atoms in total. The van der Waals surface area contributed by atoms with Crippen molar-refractivity contribution in [3.05, 3.63) is 29.8 Å². The number of nitrogens with two attached hydrogens (primary N) is 1. The van der Waals surface area contributed by atoms with E-state index >= 15 is 0 Å². The molecule has 0 saturated carbocycles. The number of hydrogen-bond acceptors (Lipinski definition) is 5. The number of nitrogens with zero attached hydrogens (tertiary/aromatic N) is 1. The Bertz CT molecular complexity index is 597. The minimum absolute atomic E-state index is 0.247. The third-order valence-corrected chi connectivity index (χ3v) is 4.63. The number of rotatable bonds is 10. The number of alkyl halides is 2. The van der Waals surface area contributed by atoms with E-state index in [9.17, 15) is 15.0 Å². The summed E-state index contributed by atoms with van der Waals surface area (Å²) in [6.45, 7) is 2.11. The Morgan fingerprint density at radius 1 is 1.24 bits per heavy atom. The maximum atomic E-state index is 12.1. The fourth-order valence-corrected chi connectivity index (χ4v) is 2.49. The molecule has 0 unspecified atom stereocenters. The summed E-state index contributed by atoms with van der Waals surface area (Å²) >= 11 is 18.2. The number of amides is 1. The van der Waals surface area contributed by atoms with E-state index in [-0.39, 0.29) is 17.9 Å². The van der Waals surface area contributed by atoms with Gasteiger partial charge in [0.25, 0.3) is 5.91 Å². The van der Waals surface area contributed by atoms with Gasteiger partial charge in [-0.3, -0.25) is 4.79 Å². The quantitative estimate of drug-likeness (QED) is 0.119. The number of carbonyl (C=O) groups is 1. The topological polar surface area (TPSA) is 98.8 Å². The van der Waals surface area contributed by atoms with Crippen LogP contribution in [0.2, 0.25) is 0 Å². The highest BCUT2D eigenvalue weighted by Crippen LogP contribution is 2.33. The molecule has 0 fully saturated rings. The summed E-state index contributed by atoms with van der Waals surface area (Å²) in [5, 5.41) is 21.8. The lowest BCUT2D eigenvalue weighted by Crippen LogP contribution is -2.36. The van der Waals surface area contributed by atoms with Crippen molar-refractivity contribution in [2.24, 2.45) is 5.73 Å². The van der Waals surface area contributed by atoms with E-state index in [1.165, 1.54) is 30.4 Å². The van der Waals surface area contributed by atoms with Gasteiger partial charge in [-0.25, -0.2) is 4.42 Å². The van der Waals surface area contributed by atoms with Crippen molar-refractivity contribution < 1.29 is 15.0 Å². The van der Waals surface area contributed by atoms with E-state index in [0.717, 1.165) is 17.4 Å². The Labute approximate surface area is 162 Å². The zero-order valence-electron chi connectivity index (χ0n) is 13.6. The fourth-order valence-electron chi connectivity index (χ4n) is 1.91. The average Bonchev–Trinajstić information content (AvgIpc) is 2.58. The number of nitrogens with one attached hydrogen (secondary N) is 1. The van der Waals surface area contributed by atoms with Crippen LogP contribution in [0.15, 0.2) is 24.3 Å². The molecule has 0 atom stereocenters. The Morgan fingerprint density at radius 3 is 2.56 bits per heavy atom. The van der Waals surface area contributed by atoms with Gasteiger partial charge in [0.05, 0.1) is 0 Å². The van der Waals surface area contributed by atoms with Gasteiger partial charge in [0, 0.05) is 24.3 Å². The van der Waals surface area contributed by atoms with Crippen molar-refractivity contribution in [2.45, 2.75) is 23.7 Å². The van der Waals surface area contributed by atoms with E-state index in [4.69, 9.17) is 40.7 Å². The molecule has 0 heterocycles. The van der Waals surface area contributed by atoms with Gasteiger partial charge in [0.2, 0.25) is 4.46 Å². The van der Waals surface area contributed by atoms with Gasteiger partial charge in [-0.2, -0.15) is 0 Å². The Hall–Kier alpha value is -1.18. The second-order valence-electron chi connectivity index (χ2n) is 5.36. The number of benzene rings is 1. The lowest BCUT2D eigenvalue weighted by atomic mass is 10.2. The number of aromatic hydroxyl groups is 2. The molecule has 0 radical (unpaired) electrons. The fraction of sp³-hybridized carbons (Fsp3) is 0.438.